The van der Waals surface area contributed by atoms with Gasteiger partial charge in [-0.25, -0.2) is 4.79 Å². The molecule has 152 valence electrons. The monoisotopic (exact) mass is 397 g/mol. The number of benzene rings is 1. The van der Waals surface area contributed by atoms with Crippen LogP contribution in [0.2, 0.25) is 0 Å². The summed E-state index contributed by atoms with van der Waals surface area (Å²) in [7, 11) is 1.57. The Bertz CT molecular complexity index is 970. The van der Waals surface area contributed by atoms with Gasteiger partial charge >= 0.3 is 5.97 Å². The number of rotatable bonds is 9. The largest absolute Gasteiger partial charge is 0.497 e. The molecule has 7 heteroatoms. The second kappa shape index (κ2) is 9.14. The Labute approximate surface area is 168 Å². The van der Waals surface area contributed by atoms with Crippen LogP contribution in [0.1, 0.15) is 27.5 Å². The van der Waals surface area contributed by atoms with Crippen LogP contribution in [0.5, 0.6) is 11.5 Å². The molecule has 3 aromatic rings. The number of esters is 1. The van der Waals surface area contributed by atoms with Crippen molar-refractivity contribution in [3.63, 3.8) is 0 Å². The maximum absolute atomic E-state index is 12.5. The van der Waals surface area contributed by atoms with Gasteiger partial charge in [0.15, 0.2) is 13.2 Å². The lowest BCUT2D eigenvalue weighted by molar-refractivity contribution is -0.144. The number of carbonyl (C=O) groups excluding carboxylic acids is 2. The van der Waals surface area contributed by atoms with Gasteiger partial charge in [0.25, 0.3) is 0 Å². The highest BCUT2D eigenvalue weighted by molar-refractivity contribution is 5.99. The Morgan fingerprint density at radius 1 is 1.03 bits per heavy atom. The maximum atomic E-state index is 12.5. The van der Waals surface area contributed by atoms with Gasteiger partial charge in [-0.3, -0.25) is 4.79 Å². The van der Waals surface area contributed by atoms with E-state index in [0.717, 1.165) is 17.1 Å². The van der Waals surface area contributed by atoms with Gasteiger partial charge < -0.3 is 23.2 Å². The van der Waals surface area contributed by atoms with Crippen molar-refractivity contribution in [2.75, 3.05) is 20.3 Å². The first-order valence-electron chi connectivity index (χ1n) is 9.12. The van der Waals surface area contributed by atoms with Gasteiger partial charge in [-0.05, 0) is 56.3 Å². The third kappa shape index (κ3) is 5.07. The lowest BCUT2D eigenvalue weighted by atomic mass is 10.1. The van der Waals surface area contributed by atoms with Crippen molar-refractivity contribution in [1.29, 1.82) is 0 Å². The first kappa shape index (κ1) is 20.3. The highest BCUT2D eigenvalue weighted by atomic mass is 16.6. The van der Waals surface area contributed by atoms with E-state index in [-0.39, 0.29) is 19.0 Å². The Hall–Kier alpha value is -3.48. The number of nitrogens with zero attached hydrogens (tertiary/aromatic N) is 1. The molecule has 2 aromatic heterocycles. The quantitative estimate of drug-likeness (QED) is 0.406. The van der Waals surface area contributed by atoms with E-state index < -0.39 is 5.97 Å². The number of methoxy groups -OCH3 is 1. The number of Topliss-reactive ketones (excluding diaryl/α,β-unsaturated/α-hetero) is 1. The van der Waals surface area contributed by atoms with E-state index in [1.807, 2.05) is 30.5 Å². The Morgan fingerprint density at radius 2 is 1.76 bits per heavy atom. The van der Waals surface area contributed by atoms with E-state index in [1.165, 1.54) is 0 Å². The van der Waals surface area contributed by atoms with Crippen LogP contribution < -0.4 is 9.47 Å². The molecule has 0 saturated carbocycles. The molecular formula is C22H23NO6. The summed E-state index contributed by atoms with van der Waals surface area (Å²) >= 11 is 0. The van der Waals surface area contributed by atoms with Crippen LogP contribution in [0.15, 0.2) is 53.1 Å². The van der Waals surface area contributed by atoms with Crippen molar-refractivity contribution in [3.8, 4) is 11.5 Å². The Kier molecular flexibility index (Phi) is 6.39. The van der Waals surface area contributed by atoms with Gasteiger partial charge in [0.1, 0.15) is 17.3 Å². The summed E-state index contributed by atoms with van der Waals surface area (Å²) in [5, 5.41) is 0. The molecule has 0 atom stereocenters. The topological polar surface area (TPSA) is 79.9 Å². The summed E-state index contributed by atoms with van der Waals surface area (Å²) in [5.74, 6) is 1.12. The molecule has 0 aliphatic rings. The molecule has 0 amide bonds. The second-order valence-electron chi connectivity index (χ2n) is 6.50. The van der Waals surface area contributed by atoms with Crippen molar-refractivity contribution in [1.82, 2.24) is 4.57 Å². The van der Waals surface area contributed by atoms with E-state index >= 15 is 0 Å². The SMILES string of the molecule is COc1ccc(OCC(=O)OCC(=O)c2cc(C)n(Cc3ccco3)c2C)cc1. The van der Waals surface area contributed by atoms with Crippen LogP contribution in [0.25, 0.3) is 0 Å². The lowest BCUT2D eigenvalue weighted by Gasteiger charge is -2.09. The Morgan fingerprint density at radius 3 is 2.41 bits per heavy atom. The molecule has 29 heavy (non-hydrogen) atoms. The molecule has 0 radical (unpaired) electrons. The first-order valence-corrected chi connectivity index (χ1v) is 9.12. The van der Waals surface area contributed by atoms with Gasteiger partial charge in [-0.15, -0.1) is 0 Å². The number of hydrogen-bond acceptors (Lipinski definition) is 6. The summed E-state index contributed by atoms with van der Waals surface area (Å²) < 4.78 is 22.8. The minimum absolute atomic E-state index is 0.262. The predicted molar refractivity (Wildman–Crippen MR) is 105 cm³/mol. The summed E-state index contributed by atoms with van der Waals surface area (Å²) in [6.45, 7) is 3.69. The summed E-state index contributed by atoms with van der Waals surface area (Å²) in [6, 6.07) is 12.3. The van der Waals surface area contributed by atoms with Crippen LogP contribution in [-0.2, 0) is 16.1 Å². The summed E-state index contributed by atoms with van der Waals surface area (Å²) in [4.78, 5) is 24.4. The lowest BCUT2D eigenvalue weighted by Crippen LogP contribution is -2.20. The van der Waals surface area contributed by atoms with Crippen molar-refractivity contribution in [2.24, 2.45) is 0 Å². The number of hydrogen-bond donors (Lipinski definition) is 0. The van der Waals surface area contributed by atoms with Crippen molar-refractivity contribution >= 4 is 11.8 Å². The molecule has 0 unspecified atom stereocenters. The van der Waals surface area contributed by atoms with Crippen LogP contribution in [-0.4, -0.2) is 36.6 Å². The number of ether oxygens (including phenoxy) is 3. The van der Waals surface area contributed by atoms with Gasteiger partial charge in [0, 0.05) is 17.0 Å². The number of aryl methyl sites for hydroxylation is 1. The highest BCUT2D eigenvalue weighted by Gasteiger charge is 2.18. The van der Waals surface area contributed by atoms with Crippen molar-refractivity contribution in [3.05, 3.63) is 71.4 Å². The zero-order valence-electron chi connectivity index (χ0n) is 16.6. The second-order valence-corrected chi connectivity index (χ2v) is 6.50. The van der Waals surface area contributed by atoms with Gasteiger partial charge in [0.2, 0.25) is 5.78 Å². The average molecular weight is 397 g/mol. The zero-order chi connectivity index (χ0) is 20.8. The number of furan rings is 1. The van der Waals surface area contributed by atoms with E-state index in [0.29, 0.717) is 23.6 Å². The molecule has 0 N–H and O–H groups in total. The van der Waals surface area contributed by atoms with Gasteiger partial charge in [0.05, 0.1) is 19.9 Å². The third-order valence-corrected chi connectivity index (χ3v) is 4.55. The maximum Gasteiger partial charge on any atom is 0.344 e. The van der Waals surface area contributed by atoms with E-state index in [4.69, 9.17) is 18.6 Å². The molecule has 0 spiro atoms. The van der Waals surface area contributed by atoms with E-state index in [9.17, 15) is 9.59 Å². The first-order chi connectivity index (χ1) is 14.0. The number of carbonyl (C=O) groups is 2. The third-order valence-electron chi connectivity index (χ3n) is 4.55. The molecular weight excluding hydrogens is 374 g/mol. The molecule has 0 bridgehead atoms. The molecule has 2 heterocycles. The van der Waals surface area contributed by atoms with Crippen molar-refractivity contribution < 1.29 is 28.2 Å². The minimum Gasteiger partial charge on any atom is -0.497 e. The highest BCUT2D eigenvalue weighted by Crippen LogP contribution is 2.19. The summed E-state index contributed by atoms with van der Waals surface area (Å²) in [5.41, 5.74) is 2.25. The fourth-order valence-corrected chi connectivity index (χ4v) is 2.96. The predicted octanol–water partition coefficient (Wildman–Crippen LogP) is 3.56. The Balaban J connectivity index is 1.52. The average Bonchev–Trinajstić information content (AvgIpc) is 3.34. The number of aromatic nitrogens is 1. The molecule has 0 saturated heterocycles. The molecule has 0 aliphatic carbocycles. The minimum atomic E-state index is -0.612. The van der Waals surface area contributed by atoms with Crippen LogP contribution in [0.3, 0.4) is 0 Å². The molecule has 0 aliphatic heterocycles. The normalized spacial score (nSPS) is 10.6. The molecule has 7 nitrogen and oxygen atoms in total. The molecule has 1 aromatic carbocycles. The fraction of sp³-hybridized carbons (Fsp3) is 0.273. The smallest absolute Gasteiger partial charge is 0.344 e. The van der Waals surface area contributed by atoms with E-state index in [2.05, 4.69) is 0 Å². The van der Waals surface area contributed by atoms with Gasteiger partial charge in [-0.2, -0.15) is 0 Å². The molecule has 0 fully saturated rings. The number of ketones is 1. The van der Waals surface area contributed by atoms with Gasteiger partial charge in [-0.1, -0.05) is 0 Å². The van der Waals surface area contributed by atoms with Crippen LogP contribution in [0, 0.1) is 13.8 Å². The molecule has 3 rings (SSSR count). The van der Waals surface area contributed by atoms with Crippen molar-refractivity contribution in [2.45, 2.75) is 20.4 Å². The fourth-order valence-electron chi connectivity index (χ4n) is 2.96. The van der Waals surface area contributed by atoms with Crippen LogP contribution in [0.4, 0.5) is 0 Å². The zero-order valence-corrected chi connectivity index (χ0v) is 16.6. The van der Waals surface area contributed by atoms with Crippen LogP contribution >= 0.6 is 0 Å². The standard InChI is InChI=1S/C22H23NO6/c1-15-11-20(16(2)23(15)12-19-5-4-10-27-19)21(24)13-29-22(25)14-28-18-8-6-17(26-3)7-9-18/h4-11H,12-14H2,1-3H3. The summed E-state index contributed by atoms with van der Waals surface area (Å²) in [6.07, 6.45) is 1.61. The van der Waals surface area contributed by atoms with E-state index in [1.54, 1.807) is 43.7 Å².